The molecule has 1 rings (SSSR count). The Bertz CT molecular complexity index is 386. The molecule has 0 radical (unpaired) electrons. The van der Waals surface area contributed by atoms with E-state index in [0.717, 1.165) is 0 Å². The molecule has 0 atom stereocenters. The fourth-order valence-corrected chi connectivity index (χ4v) is 1.37. The Kier molecular flexibility index (Phi) is 4.13. The molecule has 0 saturated carbocycles. The number of ether oxygens (including phenoxy) is 2. The van der Waals surface area contributed by atoms with Gasteiger partial charge in [-0.1, -0.05) is 0 Å². The zero-order chi connectivity index (χ0) is 12.1. The highest BCUT2D eigenvalue weighted by Gasteiger charge is 2.16. The van der Waals surface area contributed by atoms with E-state index in [1.54, 1.807) is 0 Å². The molecule has 0 fully saturated rings. The third-order valence-electron chi connectivity index (χ3n) is 2.19. The number of methoxy groups -OCH3 is 2. The normalized spacial score (nSPS) is 9.94. The third kappa shape index (κ3) is 2.43. The first-order valence-electron chi connectivity index (χ1n) is 4.73. The van der Waals surface area contributed by atoms with Gasteiger partial charge in [0.05, 0.1) is 14.2 Å². The van der Waals surface area contributed by atoms with Gasteiger partial charge in [-0.15, -0.1) is 0 Å². The van der Waals surface area contributed by atoms with Crippen molar-refractivity contribution in [1.29, 1.82) is 0 Å². The second-order valence-corrected chi connectivity index (χ2v) is 3.15. The van der Waals surface area contributed by atoms with Crippen LogP contribution in [-0.4, -0.2) is 37.0 Å². The number of aliphatic hydroxyl groups is 1. The van der Waals surface area contributed by atoms with Crippen molar-refractivity contribution in [2.24, 2.45) is 0 Å². The largest absolute Gasteiger partial charge is 0.508 e. The van der Waals surface area contributed by atoms with Crippen LogP contribution in [0.1, 0.15) is 15.9 Å². The molecule has 5 heteroatoms. The molecule has 0 aliphatic heterocycles. The predicted molar refractivity (Wildman–Crippen MR) is 56.8 cm³/mol. The molecule has 0 unspecified atom stereocenters. The monoisotopic (exact) mass is 226 g/mol. The maximum atomic E-state index is 11.4. The lowest BCUT2D eigenvalue weighted by atomic mass is 10.1. The molecular formula is C11H14O5. The Balaban J connectivity index is 3.20. The summed E-state index contributed by atoms with van der Waals surface area (Å²) in [6, 6.07) is 2.79. The van der Waals surface area contributed by atoms with Crippen molar-refractivity contribution in [1.82, 2.24) is 0 Å². The summed E-state index contributed by atoms with van der Waals surface area (Å²) >= 11 is 0. The van der Waals surface area contributed by atoms with E-state index in [9.17, 15) is 9.90 Å². The molecule has 1 aromatic carbocycles. The van der Waals surface area contributed by atoms with Crippen LogP contribution in [-0.2, 0) is 11.2 Å². The first-order valence-corrected chi connectivity index (χ1v) is 4.73. The van der Waals surface area contributed by atoms with Crippen molar-refractivity contribution in [2.45, 2.75) is 6.42 Å². The van der Waals surface area contributed by atoms with E-state index in [-0.39, 0.29) is 17.9 Å². The van der Waals surface area contributed by atoms with Crippen LogP contribution >= 0.6 is 0 Å². The molecule has 2 N–H and O–H groups in total. The first-order chi connectivity index (χ1) is 7.63. The van der Waals surface area contributed by atoms with Gasteiger partial charge in [-0.3, -0.25) is 0 Å². The highest BCUT2D eigenvalue weighted by atomic mass is 16.5. The summed E-state index contributed by atoms with van der Waals surface area (Å²) in [6.07, 6.45) is 0.295. The van der Waals surface area contributed by atoms with E-state index >= 15 is 0 Å². The van der Waals surface area contributed by atoms with E-state index < -0.39 is 5.97 Å². The molecule has 0 aliphatic rings. The van der Waals surface area contributed by atoms with Crippen molar-refractivity contribution in [2.75, 3.05) is 20.8 Å². The summed E-state index contributed by atoms with van der Waals surface area (Å²) < 4.78 is 9.57. The SMILES string of the molecule is COC(=O)c1cc(O)c(CCO)cc1OC. The molecule has 0 spiro atoms. The number of aromatic hydroxyl groups is 1. The summed E-state index contributed by atoms with van der Waals surface area (Å²) in [7, 11) is 2.67. The summed E-state index contributed by atoms with van der Waals surface area (Å²) in [5, 5.41) is 18.4. The van der Waals surface area contributed by atoms with E-state index in [1.807, 2.05) is 0 Å². The van der Waals surface area contributed by atoms with Crippen LogP contribution in [0.3, 0.4) is 0 Å². The minimum Gasteiger partial charge on any atom is -0.508 e. The third-order valence-corrected chi connectivity index (χ3v) is 2.19. The van der Waals surface area contributed by atoms with Crippen molar-refractivity contribution in [3.05, 3.63) is 23.3 Å². The van der Waals surface area contributed by atoms with Crippen molar-refractivity contribution < 1.29 is 24.5 Å². The van der Waals surface area contributed by atoms with E-state index in [4.69, 9.17) is 9.84 Å². The van der Waals surface area contributed by atoms with Crippen LogP contribution in [0.15, 0.2) is 12.1 Å². The quantitative estimate of drug-likeness (QED) is 0.740. The Hall–Kier alpha value is -1.75. The first kappa shape index (κ1) is 12.3. The number of carbonyl (C=O) groups is 1. The number of carbonyl (C=O) groups excluding carboxylic acids is 1. The van der Waals surface area contributed by atoms with Gasteiger partial charge in [0.25, 0.3) is 0 Å². The van der Waals surface area contributed by atoms with E-state index in [2.05, 4.69) is 4.74 Å². The van der Waals surface area contributed by atoms with Gasteiger partial charge in [-0.05, 0) is 24.1 Å². The highest BCUT2D eigenvalue weighted by molar-refractivity contribution is 5.93. The van der Waals surface area contributed by atoms with Gasteiger partial charge in [0.2, 0.25) is 0 Å². The molecule has 88 valence electrons. The highest BCUT2D eigenvalue weighted by Crippen LogP contribution is 2.28. The van der Waals surface area contributed by atoms with Crippen LogP contribution in [0.25, 0.3) is 0 Å². The van der Waals surface area contributed by atoms with E-state index in [0.29, 0.717) is 17.7 Å². The predicted octanol–water partition coefficient (Wildman–Crippen LogP) is 0.722. The van der Waals surface area contributed by atoms with Crippen molar-refractivity contribution in [3.63, 3.8) is 0 Å². The van der Waals surface area contributed by atoms with Gasteiger partial charge in [-0.2, -0.15) is 0 Å². The molecule has 16 heavy (non-hydrogen) atoms. The number of phenols is 1. The number of aliphatic hydroxyl groups excluding tert-OH is 1. The van der Waals surface area contributed by atoms with Crippen LogP contribution in [0.4, 0.5) is 0 Å². The van der Waals surface area contributed by atoms with Gasteiger partial charge in [0, 0.05) is 6.61 Å². The molecule has 5 nitrogen and oxygen atoms in total. The molecule has 1 aromatic rings. The number of rotatable bonds is 4. The summed E-state index contributed by atoms with van der Waals surface area (Å²) in [4.78, 5) is 11.4. The fraction of sp³-hybridized carbons (Fsp3) is 0.364. The van der Waals surface area contributed by atoms with Crippen LogP contribution < -0.4 is 4.74 Å². The summed E-state index contributed by atoms with van der Waals surface area (Å²) in [5.41, 5.74) is 0.677. The summed E-state index contributed by atoms with van der Waals surface area (Å²) in [6.45, 7) is -0.0890. The zero-order valence-corrected chi connectivity index (χ0v) is 9.19. The van der Waals surface area contributed by atoms with Gasteiger partial charge < -0.3 is 19.7 Å². The number of phenolic OH excluding ortho intramolecular Hbond substituents is 1. The lowest BCUT2D eigenvalue weighted by Gasteiger charge is -2.10. The zero-order valence-electron chi connectivity index (χ0n) is 9.19. The molecule has 0 aliphatic carbocycles. The number of esters is 1. The average Bonchev–Trinajstić information content (AvgIpc) is 2.30. The number of hydrogen-bond donors (Lipinski definition) is 2. The number of benzene rings is 1. The van der Waals surface area contributed by atoms with Crippen molar-refractivity contribution in [3.8, 4) is 11.5 Å². The van der Waals surface area contributed by atoms with Crippen LogP contribution in [0, 0.1) is 0 Å². The van der Waals surface area contributed by atoms with Crippen molar-refractivity contribution >= 4 is 5.97 Å². The Morgan fingerprint density at radius 1 is 1.38 bits per heavy atom. The molecule has 0 amide bonds. The standard InChI is InChI=1S/C11H14O5/c1-15-10-5-7(3-4-12)9(13)6-8(10)11(14)16-2/h5-6,12-13H,3-4H2,1-2H3. The Morgan fingerprint density at radius 2 is 2.06 bits per heavy atom. The lowest BCUT2D eigenvalue weighted by molar-refractivity contribution is 0.0596. The van der Waals surface area contributed by atoms with Gasteiger partial charge in [0.15, 0.2) is 0 Å². The second-order valence-electron chi connectivity index (χ2n) is 3.15. The van der Waals surface area contributed by atoms with Crippen LogP contribution in [0.2, 0.25) is 0 Å². The fourth-order valence-electron chi connectivity index (χ4n) is 1.37. The summed E-state index contributed by atoms with van der Waals surface area (Å²) in [5.74, 6) is -0.328. The van der Waals surface area contributed by atoms with Gasteiger partial charge >= 0.3 is 5.97 Å². The van der Waals surface area contributed by atoms with Gasteiger partial charge in [-0.25, -0.2) is 4.79 Å². The molecule has 0 aromatic heterocycles. The minimum absolute atomic E-state index is 0.0600. The lowest BCUT2D eigenvalue weighted by Crippen LogP contribution is -2.05. The van der Waals surface area contributed by atoms with Crippen LogP contribution in [0.5, 0.6) is 11.5 Å². The van der Waals surface area contributed by atoms with E-state index in [1.165, 1.54) is 26.4 Å². The topological polar surface area (TPSA) is 76.0 Å². The Morgan fingerprint density at radius 3 is 2.56 bits per heavy atom. The smallest absolute Gasteiger partial charge is 0.341 e. The van der Waals surface area contributed by atoms with Gasteiger partial charge in [0.1, 0.15) is 17.1 Å². The maximum absolute atomic E-state index is 11.4. The maximum Gasteiger partial charge on any atom is 0.341 e. The number of hydrogen-bond acceptors (Lipinski definition) is 5. The second kappa shape index (κ2) is 5.37. The minimum atomic E-state index is -0.581. The average molecular weight is 226 g/mol. The molecule has 0 saturated heterocycles. The molecule has 0 heterocycles. The Labute approximate surface area is 93.2 Å². The molecule has 0 bridgehead atoms. The molecular weight excluding hydrogens is 212 g/mol.